The van der Waals surface area contributed by atoms with Crippen molar-refractivity contribution < 1.29 is 28.9 Å². The van der Waals surface area contributed by atoms with E-state index in [1.54, 1.807) is 11.5 Å². The third kappa shape index (κ3) is 4.85. The molecule has 5 rings (SSSR count). The molecule has 2 atom stereocenters. The van der Waals surface area contributed by atoms with Crippen molar-refractivity contribution in [2.24, 2.45) is 5.16 Å². The average Bonchev–Trinajstić information content (AvgIpc) is 3.35. The van der Waals surface area contributed by atoms with Crippen LogP contribution < -0.4 is 15.6 Å². The highest BCUT2D eigenvalue weighted by Crippen LogP contribution is 2.39. The number of allylic oxidation sites excluding steroid dienone is 2. The largest absolute Gasteiger partial charge is 0.477 e. The number of carboxylic acids is 1. The van der Waals surface area contributed by atoms with Crippen LogP contribution in [0.15, 0.2) is 76.0 Å². The third-order valence-electron chi connectivity index (χ3n) is 6.09. The number of oxime groups is 1. The summed E-state index contributed by atoms with van der Waals surface area (Å²) in [6.45, 7) is 0.528. The predicted octanol–water partition coefficient (Wildman–Crippen LogP) is 1.51. The molecule has 0 aliphatic carbocycles. The number of hydrogen-bond donors (Lipinski definition) is 3. The minimum absolute atomic E-state index is 0.0976. The number of hydrogen-bond acceptors (Lipinski definition) is 9. The average molecular weight is 552 g/mol. The summed E-state index contributed by atoms with van der Waals surface area (Å²) in [7, 11) is 1.29. The van der Waals surface area contributed by atoms with Gasteiger partial charge in [-0.1, -0.05) is 23.4 Å². The fourth-order valence-corrected chi connectivity index (χ4v) is 6.08. The van der Waals surface area contributed by atoms with E-state index >= 15 is 0 Å². The fourth-order valence-electron chi connectivity index (χ4n) is 4.32. The Balaban J connectivity index is 1.30. The lowest BCUT2D eigenvalue weighted by Crippen LogP contribution is -2.73. The molecular weight excluding hydrogens is 528 g/mol. The number of β-lactam (4-membered cyclic amide) rings is 1. The Labute approximate surface area is 225 Å². The van der Waals surface area contributed by atoms with Crippen LogP contribution in [-0.4, -0.2) is 63.4 Å². The molecule has 4 N–H and O–H groups in total. The second-order valence-corrected chi connectivity index (χ2v) is 10.4. The zero-order chi connectivity index (χ0) is 26.8. The van der Waals surface area contributed by atoms with Crippen molar-refractivity contribution in [3.8, 4) is 0 Å². The van der Waals surface area contributed by atoms with Gasteiger partial charge in [-0.05, 0) is 23.6 Å². The van der Waals surface area contributed by atoms with Crippen LogP contribution in [0.3, 0.4) is 0 Å². The number of nitrogens with one attached hydrogen (secondary N) is 1. The fraction of sp³-hybridized carbons (Fsp3) is 0.200. The van der Waals surface area contributed by atoms with Crippen LogP contribution >= 0.6 is 23.1 Å². The highest BCUT2D eigenvalue weighted by molar-refractivity contribution is 8.03. The molecule has 13 heteroatoms. The third-order valence-corrected chi connectivity index (χ3v) is 7.91. The van der Waals surface area contributed by atoms with Gasteiger partial charge in [0, 0.05) is 27.5 Å². The molecule has 1 aromatic carbocycles. The number of nitrogens with zero attached hydrogens (tertiary/aromatic N) is 4. The molecule has 0 radical (unpaired) electrons. The molecule has 3 aromatic rings. The van der Waals surface area contributed by atoms with Gasteiger partial charge in [-0.2, -0.15) is 0 Å². The maximum Gasteiger partial charge on any atom is 0.353 e. The van der Waals surface area contributed by atoms with E-state index in [0.717, 1.165) is 22.1 Å². The number of carbonyl (C=O) groups is 3. The summed E-state index contributed by atoms with van der Waals surface area (Å²) in [5, 5.41) is 20.3. The van der Waals surface area contributed by atoms with E-state index in [9.17, 15) is 19.5 Å². The molecule has 1 fully saturated rings. The lowest BCUT2D eigenvalue weighted by molar-refractivity contribution is -0.685. The number of pyridine rings is 1. The van der Waals surface area contributed by atoms with Crippen molar-refractivity contribution in [2.45, 2.75) is 18.6 Å². The number of aliphatic carboxylic acids is 1. The van der Waals surface area contributed by atoms with E-state index < -0.39 is 29.9 Å². The van der Waals surface area contributed by atoms with Crippen molar-refractivity contribution in [3.63, 3.8) is 0 Å². The smallest absolute Gasteiger partial charge is 0.353 e. The number of anilines is 1. The number of amides is 2. The Morgan fingerprint density at radius 3 is 2.84 bits per heavy atom. The molecule has 38 heavy (non-hydrogen) atoms. The summed E-state index contributed by atoms with van der Waals surface area (Å²) < 4.78 is 1.99. The first kappa shape index (κ1) is 25.4. The van der Waals surface area contributed by atoms with Crippen LogP contribution in [0.1, 0.15) is 5.69 Å². The van der Waals surface area contributed by atoms with Gasteiger partial charge in [-0.25, -0.2) is 14.3 Å². The van der Waals surface area contributed by atoms with Gasteiger partial charge in [-0.15, -0.1) is 23.1 Å². The van der Waals surface area contributed by atoms with E-state index in [2.05, 4.69) is 15.5 Å². The van der Waals surface area contributed by atoms with E-state index in [0.29, 0.717) is 17.2 Å². The summed E-state index contributed by atoms with van der Waals surface area (Å²) in [4.78, 5) is 48.6. The molecule has 2 amide bonds. The minimum atomic E-state index is -1.21. The number of benzene rings is 1. The lowest BCUT2D eigenvalue weighted by atomic mass is 9.94. The molecule has 194 valence electrons. The zero-order valence-corrected chi connectivity index (χ0v) is 21.7. The highest BCUT2D eigenvalue weighted by atomic mass is 32.2. The number of carboxylic acid groups (broad SMARTS) is 1. The molecular formula is C25H23N6O5S2+. The summed E-state index contributed by atoms with van der Waals surface area (Å²) in [6.07, 6.45) is 7.55. The highest BCUT2D eigenvalue weighted by Gasteiger charge is 2.54. The van der Waals surface area contributed by atoms with Gasteiger partial charge >= 0.3 is 5.97 Å². The first-order valence-corrected chi connectivity index (χ1v) is 13.3. The number of thioether (sulfide) groups is 1. The van der Waals surface area contributed by atoms with Gasteiger partial charge in [0.05, 0.1) is 6.04 Å². The van der Waals surface area contributed by atoms with Crippen molar-refractivity contribution in [2.75, 3.05) is 18.6 Å². The zero-order valence-electron chi connectivity index (χ0n) is 20.1. The Morgan fingerprint density at radius 1 is 1.34 bits per heavy atom. The van der Waals surface area contributed by atoms with Gasteiger partial charge in [0.1, 0.15) is 24.5 Å². The Hall–Kier alpha value is -4.23. The first-order valence-electron chi connectivity index (χ1n) is 11.5. The summed E-state index contributed by atoms with van der Waals surface area (Å²) >= 11 is 2.46. The van der Waals surface area contributed by atoms with Crippen LogP contribution in [0.2, 0.25) is 0 Å². The molecule has 2 aromatic heterocycles. The SMILES string of the molecule is CON=C(C(=O)N[C@@H]1C(=O)N2C(C(=O)O)=C(/C=C/C[n+]3ccc4ccccc4c3)SC[C@H]12)c1csc(N)n1. The van der Waals surface area contributed by atoms with Gasteiger partial charge in [0.15, 0.2) is 29.8 Å². The topological polar surface area (TPSA) is 151 Å². The van der Waals surface area contributed by atoms with Crippen LogP contribution in [0.4, 0.5) is 5.13 Å². The van der Waals surface area contributed by atoms with Crippen molar-refractivity contribution in [1.82, 2.24) is 15.2 Å². The molecule has 1 saturated heterocycles. The monoisotopic (exact) mass is 551 g/mol. The molecule has 2 aliphatic rings. The van der Waals surface area contributed by atoms with E-state index in [4.69, 9.17) is 10.6 Å². The lowest BCUT2D eigenvalue weighted by Gasteiger charge is -2.49. The number of rotatable bonds is 8. The maximum atomic E-state index is 13.0. The second kappa shape index (κ2) is 10.6. The van der Waals surface area contributed by atoms with Crippen molar-refractivity contribution in [3.05, 3.63) is 76.6 Å². The van der Waals surface area contributed by atoms with E-state index in [1.807, 2.05) is 53.4 Å². The quantitative estimate of drug-likeness (QED) is 0.165. The number of carbonyl (C=O) groups excluding carboxylic acids is 2. The molecule has 0 saturated carbocycles. The summed E-state index contributed by atoms with van der Waals surface area (Å²) in [6, 6.07) is 8.62. The molecule has 4 heterocycles. The number of thiazole rings is 1. The van der Waals surface area contributed by atoms with Crippen LogP contribution in [-0.2, 0) is 25.8 Å². The number of aromatic nitrogens is 2. The van der Waals surface area contributed by atoms with E-state index in [1.165, 1.54) is 23.8 Å². The van der Waals surface area contributed by atoms with Gasteiger partial charge in [0.2, 0.25) is 0 Å². The molecule has 2 aliphatic heterocycles. The van der Waals surface area contributed by atoms with Crippen LogP contribution in [0.5, 0.6) is 0 Å². The van der Waals surface area contributed by atoms with Gasteiger partial charge in [0.25, 0.3) is 11.8 Å². The first-order chi connectivity index (χ1) is 18.4. The van der Waals surface area contributed by atoms with Crippen molar-refractivity contribution in [1.29, 1.82) is 0 Å². The Bertz CT molecular complexity index is 1530. The molecule has 11 nitrogen and oxygen atoms in total. The van der Waals surface area contributed by atoms with Crippen molar-refractivity contribution >= 4 is 62.5 Å². The molecule has 0 unspecified atom stereocenters. The summed E-state index contributed by atoms with van der Waals surface area (Å²) in [5.74, 6) is -1.97. The number of nitrogens with two attached hydrogens (primary N) is 1. The van der Waals surface area contributed by atoms with E-state index in [-0.39, 0.29) is 22.2 Å². The Morgan fingerprint density at radius 2 is 2.13 bits per heavy atom. The second-order valence-electron chi connectivity index (χ2n) is 8.42. The summed E-state index contributed by atoms with van der Waals surface area (Å²) in [5.41, 5.74) is 5.65. The van der Waals surface area contributed by atoms with Crippen LogP contribution in [0, 0.1) is 0 Å². The Kier molecular flexibility index (Phi) is 7.11. The van der Waals surface area contributed by atoms with Gasteiger partial charge in [-0.3, -0.25) is 14.5 Å². The minimum Gasteiger partial charge on any atom is -0.477 e. The normalized spacial score (nSPS) is 19.4. The predicted molar refractivity (Wildman–Crippen MR) is 143 cm³/mol. The molecule has 0 spiro atoms. The van der Waals surface area contributed by atoms with Crippen LogP contribution in [0.25, 0.3) is 10.8 Å². The number of fused-ring (bicyclic) bond motifs is 2. The number of nitrogen functional groups attached to an aromatic ring is 1. The van der Waals surface area contributed by atoms with Gasteiger partial charge < -0.3 is 21.0 Å². The standard InChI is InChI=1S/C25H22N6O5S2/c1-36-29-19(16-12-38-25(26)27-16)22(32)28-20-17-13-37-18(21(24(34)35)31(17)23(20)33)7-4-9-30-10-8-14-5-2-3-6-15(14)11-30/h2-8,10-12,17,20H,9,13H2,1H3,(H3-,26,27,28,32,34,35)/p+1/b7-4+,29-19?/t17-,20+/m1/s1. The maximum absolute atomic E-state index is 13.0. The molecule has 0 bridgehead atoms.